The van der Waals surface area contributed by atoms with Gasteiger partial charge in [0.1, 0.15) is 0 Å². The van der Waals surface area contributed by atoms with Gasteiger partial charge in [0.15, 0.2) is 0 Å². The third kappa shape index (κ3) is 3.29. The predicted molar refractivity (Wildman–Crippen MR) is 78.8 cm³/mol. The Morgan fingerprint density at radius 2 is 2.10 bits per heavy atom. The number of amides is 1. The molecule has 110 valence electrons. The van der Waals surface area contributed by atoms with Crippen molar-refractivity contribution in [2.75, 3.05) is 0 Å². The van der Waals surface area contributed by atoms with Gasteiger partial charge in [-0.05, 0) is 25.8 Å². The SMILES string of the molecule is Cc1cccc(-c2noc(C(=O)NC3CCCCC3)n2)c1. The van der Waals surface area contributed by atoms with E-state index in [1.807, 2.05) is 31.2 Å². The van der Waals surface area contributed by atoms with Crippen LogP contribution in [0.25, 0.3) is 11.4 Å². The standard InChI is InChI=1S/C16H19N3O2/c1-11-6-5-7-12(10-11)14-18-16(21-19-14)15(20)17-13-8-3-2-4-9-13/h5-7,10,13H,2-4,8-9H2,1H3,(H,17,20). The van der Waals surface area contributed by atoms with Crippen LogP contribution in [0.5, 0.6) is 0 Å². The van der Waals surface area contributed by atoms with Crippen LogP contribution in [0.15, 0.2) is 28.8 Å². The van der Waals surface area contributed by atoms with Crippen molar-refractivity contribution in [2.24, 2.45) is 0 Å². The summed E-state index contributed by atoms with van der Waals surface area (Å²) in [6.07, 6.45) is 5.66. The van der Waals surface area contributed by atoms with Crippen LogP contribution in [-0.2, 0) is 0 Å². The average Bonchev–Trinajstić information content (AvgIpc) is 2.98. The van der Waals surface area contributed by atoms with E-state index in [0.717, 1.165) is 24.0 Å². The van der Waals surface area contributed by atoms with Gasteiger partial charge in [0.2, 0.25) is 5.82 Å². The van der Waals surface area contributed by atoms with E-state index in [1.54, 1.807) is 0 Å². The fraction of sp³-hybridized carbons (Fsp3) is 0.438. The van der Waals surface area contributed by atoms with E-state index < -0.39 is 0 Å². The van der Waals surface area contributed by atoms with Crippen LogP contribution in [0.2, 0.25) is 0 Å². The van der Waals surface area contributed by atoms with E-state index in [4.69, 9.17) is 4.52 Å². The summed E-state index contributed by atoms with van der Waals surface area (Å²) in [5, 5.41) is 6.87. The summed E-state index contributed by atoms with van der Waals surface area (Å²) in [6, 6.07) is 8.04. The second kappa shape index (κ2) is 6.08. The molecule has 0 unspecified atom stereocenters. The quantitative estimate of drug-likeness (QED) is 0.940. The number of carbonyl (C=O) groups is 1. The highest BCUT2D eigenvalue weighted by Crippen LogP contribution is 2.19. The zero-order valence-corrected chi connectivity index (χ0v) is 12.1. The lowest BCUT2D eigenvalue weighted by Crippen LogP contribution is -2.36. The smallest absolute Gasteiger partial charge is 0.316 e. The van der Waals surface area contributed by atoms with E-state index in [0.29, 0.717) is 5.82 Å². The lowest BCUT2D eigenvalue weighted by atomic mass is 9.95. The van der Waals surface area contributed by atoms with Gasteiger partial charge in [-0.3, -0.25) is 4.79 Å². The average molecular weight is 285 g/mol. The number of benzene rings is 1. The molecule has 1 aromatic heterocycles. The van der Waals surface area contributed by atoms with E-state index in [2.05, 4.69) is 15.5 Å². The number of hydrogen-bond donors (Lipinski definition) is 1. The predicted octanol–water partition coefficient (Wildman–Crippen LogP) is 3.11. The number of rotatable bonds is 3. The Hall–Kier alpha value is -2.17. The summed E-state index contributed by atoms with van der Waals surface area (Å²) in [7, 11) is 0. The first-order valence-electron chi connectivity index (χ1n) is 7.44. The number of nitrogens with one attached hydrogen (secondary N) is 1. The summed E-state index contributed by atoms with van der Waals surface area (Å²) in [5.41, 5.74) is 1.97. The van der Waals surface area contributed by atoms with Gasteiger partial charge in [-0.1, -0.05) is 48.2 Å². The first-order chi connectivity index (χ1) is 10.2. The summed E-state index contributed by atoms with van der Waals surface area (Å²) in [5.74, 6) is 0.220. The highest BCUT2D eigenvalue weighted by molar-refractivity contribution is 5.90. The highest BCUT2D eigenvalue weighted by Gasteiger charge is 2.21. The summed E-state index contributed by atoms with van der Waals surface area (Å²) in [6.45, 7) is 2.00. The van der Waals surface area contributed by atoms with Gasteiger partial charge in [0.25, 0.3) is 0 Å². The number of carbonyl (C=O) groups excluding carboxylic acids is 1. The molecular formula is C16H19N3O2. The molecule has 1 saturated carbocycles. The van der Waals surface area contributed by atoms with Gasteiger partial charge in [-0.15, -0.1) is 0 Å². The molecule has 0 spiro atoms. The number of nitrogens with zero attached hydrogens (tertiary/aromatic N) is 2. The summed E-state index contributed by atoms with van der Waals surface area (Å²) < 4.78 is 5.09. The van der Waals surface area contributed by atoms with E-state index in [1.165, 1.54) is 19.3 Å². The fourth-order valence-corrected chi connectivity index (χ4v) is 2.71. The molecule has 2 aromatic rings. The van der Waals surface area contributed by atoms with Crippen LogP contribution in [0.1, 0.15) is 48.4 Å². The lowest BCUT2D eigenvalue weighted by molar-refractivity contribution is 0.0883. The Bertz CT molecular complexity index is 630. The van der Waals surface area contributed by atoms with Crippen molar-refractivity contribution in [2.45, 2.75) is 45.1 Å². The molecule has 1 amide bonds. The van der Waals surface area contributed by atoms with Crippen molar-refractivity contribution in [3.05, 3.63) is 35.7 Å². The van der Waals surface area contributed by atoms with Crippen LogP contribution in [0.3, 0.4) is 0 Å². The molecule has 3 rings (SSSR count). The molecule has 0 radical (unpaired) electrons. The molecule has 5 heteroatoms. The van der Waals surface area contributed by atoms with E-state index >= 15 is 0 Å². The Morgan fingerprint density at radius 1 is 1.29 bits per heavy atom. The molecule has 5 nitrogen and oxygen atoms in total. The molecule has 1 heterocycles. The third-order valence-corrected chi connectivity index (χ3v) is 3.84. The number of hydrogen-bond acceptors (Lipinski definition) is 4. The molecule has 0 bridgehead atoms. The van der Waals surface area contributed by atoms with Gasteiger partial charge in [-0.25, -0.2) is 0 Å². The molecular weight excluding hydrogens is 266 g/mol. The Balaban J connectivity index is 1.70. The molecule has 1 fully saturated rings. The van der Waals surface area contributed by atoms with Crippen molar-refractivity contribution in [3.8, 4) is 11.4 Å². The molecule has 0 aliphatic heterocycles. The molecule has 1 aliphatic rings. The van der Waals surface area contributed by atoms with Gasteiger partial charge >= 0.3 is 11.8 Å². The molecule has 21 heavy (non-hydrogen) atoms. The van der Waals surface area contributed by atoms with E-state index in [-0.39, 0.29) is 17.8 Å². The van der Waals surface area contributed by atoms with Crippen LogP contribution >= 0.6 is 0 Å². The Morgan fingerprint density at radius 3 is 2.86 bits per heavy atom. The van der Waals surface area contributed by atoms with Crippen LogP contribution in [0, 0.1) is 6.92 Å². The normalized spacial score (nSPS) is 15.9. The second-order valence-corrected chi connectivity index (χ2v) is 5.60. The second-order valence-electron chi connectivity index (χ2n) is 5.60. The Kier molecular flexibility index (Phi) is 3.99. The van der Waals surface area contributed by atoms with Gasteiger partial charge in [-0.2, -0.15) is 4.98 Å². The monoisotopic (exact) mass is 285 g/mol. The van der Waals surface area contributed by atoms with Crippen molar-refractivity contribution in [1.29, 1.82) is 0 Å². The largest absolute Gasteiger partial charge is 0.345 e. The summed E-state index contributed by atoms with van der Waals surface area (Å²) >= 11 is 0. The maximum Gasteiger partial charge on any atom is 0.316 e. The molecule has 1 aromatic carbocycles. The number of aryl methyl sites for hydroxylation is 1. The van der Waals surface area contributed by atoms with Gasteiger partial charge in [0, 0.05) is 11.6 Å². The maximum atomic E-state index is 12.1. The van der Waals surface area contributed by atoms with Crippen molar-refractivity contribution in [3.63, 3.8) is 0 Å². The van der Waals surface area contributed by atoms with Crippen molar-refractivity contribution in [1.82, 2.24) is 15.5 Å². The first-order valence-corrected chi connectivity index (χ1v) is 7.44. The minimum Gasteiger partial charge on any atom is -0.345 e. The highest BCUT2D eigenvalue weighted by atomic mass is 16.5. The fourth-order valence-electron chi connectivity index (χ4n) is 2.71. The minimum absolute atomic E-state index is 0.0390. The van der Waals surface area contributed by atoms with Crippen LogP contribution < -0.4 is 5.32 Å². The first kappa shape index (κ1) is 13.8. The molecule has 0 saturated heterocycles. The number of aromatic nitrogens is 2. The third-order valence-electron chi connectivity index (χ3n) is 3.84. The van der Waals surface area contributed by atoms with Crippen molar-refractivity contribution >= 4 is 5.91 Å². The van der Waals surface area contributed by atoms with Crippen molar-refractivity contribution < 1.29 is 9.32 Å². The Labute approximate surface area is 123 Å². The minimum atomic E-state index is -0.270. The van der Waals surface area contributed by atoms with E-state index in [9.17, 15) is 4.79 Å². The van der Waals surface area contributed by atoms with Gasteiger partial charge < -0.3 is 9.84 Å². The van der Waals surface area contributed by atoms with Crippen LogP contribution in [-0.4, -0.2) is 22.1 Å². The molecule has 1 aliphatic carbocycles. The zero-order chi connectivity index (χ0) is 14.7. The summed E-state index contributed by atoms with van der Waals surface area (Å²) in [4.78, 5) is 16.3. The lowest BCUT2D eigenvalue weighted by Gasteiger charge is -2.21. The van der Waals surface area contributed by atoms with Gasteiger partial charge in [0.05, 0.1) is 0 Å². The maximum absolute atomic E-state index is 12.1. The van der Waals surface area contributed by atoms with Crippen LogP contribution in [0.4, 0.5) is 0 Å². The molecule has 0 atom stereocenters. The zero-order valence-electron chi connectivity index (χ0n) is 12.1. The topological polar surface area (TPSA) is 68.0 Å². The molecule has 1 N–H and O–H groups in total.